The number of hydrogen-bond donors (Lipinski definition) is 1. The minimum Gasteiger partial charge on any atom is -0.328 e. The molecule has 2 aromatic carbocycles. The highest BCUT2D eigenvalue weighted by atomic mass is 19.1. The standard InChI is InChI=1S/C18H20FN/c19-17-9-5-15(6-10-17)13-1-3-14(4-2-13)16-7-11-18(20)12-8-16/h1-6,9-10,16,18H,7-8,11-12,20H2. The van der Waals surface area contributed by atoms with Crippen LogP contribution in [-0.2, 0) is 0 Å². The lowest BCUT2D eigenvalue weighted by atomic mass is 9.82. The average Bonchev–Trinajstić information content (AvgIpc) is 2.49. The topological polar surface area (TPSA) is 26.0 Å². The number of nitrogens with two attached hydrogens (primary N) is 1. The summed E-state index contributed by atoms with van der Waals surface area (Å²) in [6, 6.07) is 15.7. The van der Waals surface area contributed by atoms with Crippen molar-refractivity contribution in [3.8, 4) is 11.1 Å². The van der Waals surface area contributed by atoms with Crippen LogP contribution in [0.1, 0.15) is 37.2 Å². The highest BCUT2D eigenvalue weighted by Crippen LogP contribution is 2.33. The van der Waals surface area contributed by atoms with E-state index < -0.39 is 0 Å². The van der Waals surface area contributed by atoms with Crippen molar-refractivity contribution >= 4 is 0 Å². The molecule has 20 heavy (non-hydrogen) atoms. The van der Waals surface area contributed by atoms with Crippen LogP contribution in [0.4, 0.5) is 4.39 Å². The molecule has 0 unspecified atom stereocenters. The van der Waals surface area contributed by atoms with Gasteiger partial charge in [-0.25, -0.2) is 4.39 Å². The van der Waals surface area contributed by atoms with Gasteiger partial charge in [-0.1, -0.05) is 36.4 Å². The zero-order valence-electron chi connectivity index (χ0n) is 11.6. The molecular formula is C18H20FN. The second-order valence-corrected chi connectivity index (χ2v) is 5.74. The summed E-state index contributed by atoms with van der Waals surface area (Å²) < 4.78 is 12.9. The smallest absolute Gasteiger partial charge is 0.123 e. The minimum absolute atomic E-state index is 0.191. The van der Waals surface area contributed by atoms with Gasteiger partial charge < -0.3 is 5.73 Å². The fourth-order valence-electron chi connectivity index (χ4n) is 3.04. The van der Waals surface area contributed by atoms with Crippen LogP contribution in [0.3, 0.4) is 0 Å². The van der Waals surface area contributed by atoms with E-state index in [0.717, 1.165) is 24.0 Å². The third-order valence-corrected chi connectivity index (χ3v) is 4.33. The molecule has 0 saturated heterocycles. The molecule has 2 N–H and O–H groups in total. The quantitative estimate of drug-likeness (QED) is 0.854. The molecule has 0 aromatic heterocycles. The van der Waals surface area contributed by atoms with Crippen molar-refractivity contribution in [1.82, 2.24) is 0 Å². The SMILES string of the molecule is NC1CCC(c2ccc(-c3ccc(F)cc3)cc2)CC1. The molecule has 3 rings (SSSR count). The molecule has 1 aliphatic rings. The lowest BCUT2D eigenvalue weighted by molar-refractivity contribution is 0.395. The van der Waals surface area contributed by atoms with Crippen molar-refractivity contribution in [1.29, 1.82) is 0 Å². The Labute approximate surface area is 119 Å². The number of hydrogen-bond acceptors (Lipinski definition) is 1. The Morgan fingerprint density at radius 3 is 1.80 bits per heavy atom. The fourth-order valence-corrected chi connectivity index (χ4v) is 3.04. The van der Waals surface area contributed by atoms with E-state index in [-0.39, 0.29) is 5.82 Å². The lowest BCUT2D eigenvalue weighted by Crippen LogP contribution is -2.25. The van der Waals surface area contributed by atoms with Crippen LogP contribution in [0, 0.1) is 5.82 Å². The molecule has 104 valence electrons. The van der Waals surface area contributed by atoms with Gasteiger partial charge in [-0.05, 0) is 60.4 Å². The molecule has 0 amide bonds. The second-order valence-electron chi connectivity index (χ2n) is 5.74. The van der Waals surface area contributed by atoms with Gasteiger partial charge in [0.05, 0.1) is 0 Å². The third-order valence-electron chi connectivity index (χ3n) is 4.33. The Hall–Kier alpha value is -1.67. The van der Waals surface area contributed by atoms with Crippen molar-refractivity contribution in [2.45, 2.75) is 37.6 Å². The van der Waals surface area contributed by atoms with Crippen LogP contribution in [0.5, 0.6) is 0 Å². The third kappa shape index (κ3) is 2.91. The molecule has 1 nitrogen and oxygen atoms in total. The highest BCUT2D eigenvalue weighted by molar-refractivity contribution is 5.63. The highest BCUT2D eigenvalue weighted by Gasteiger charge is 2.19. The average molecular weight is 269 g/mol. The van der Waals surface area contributed by atoms with Crippen LogP contribution < -0.4 is 5.73 Å². The summed E-state index contributed by atoms with van der Waals surface area (Å²) in [4.78, 5) is 0. The van der Waals surface area contributed by atoms with Crippen molar-refractivity contribution < 1.29 is 4.39 Å². The molecule has 0 bridgehead atoms. The zero-order valence-corrected chi connectivity index (χ0v) is 11.6. The van der Waals surface area contributed by atoms with Gasteiger partial charge in [-0.3, -0.25) is 0 Å². The minimum atomic E-state index is -0.191. The Morgan fingerprint density at radius 1 is 0.750 bits per heavy atom. The summed E-state index contributed by atoms with van der Waals surface area (Å²) in [5.41, 5.74) is 9.56. The lowest BCUT2D eigenvalue weighted by Gasteiger charge is -2.26. The number of rotatable bonds is 2. The first-order valence-electron chi connectivity index (χ1n) is 7.34. The summed E-state index contributed by atoms with van der Waals surface area (Å²) in [6.07, 6.45) is 4.64. The van der Waals surface area contributed by atoms with Gasteiger partial charge in [-0.15, -0.1) is 0 Å². The van der Waals surface area contributed by atoms with Gasteiger partial charge in [0.25, 0.3) is 0 Å². The Kier molecular flexibility index (Phi) is 3.83. The predicted molar refractivity (Wildman–Crippen MR) is 81.0 cm³/mol. The maximum absolute atomic E-state index is 12.9. The maximum atomic E-state index is 12.9. The van der Waals surface area contributed by atoms with Crippen LogP contribution in [-0.4, -0.2) is 6.04 Å². The van der Waals surface area contributed by atoms with Crippen LogP contribution in [0.2, 0.25) is 0 Å². The molecule has 0 spiro atoms. The van der Waals surface area contributed by atoms with E-state index in [9.17, 15) is 4.39 Å². The van der Waals surface area contributed by atoms with Gasteiger partial charge in [-0.2, -0.15) is 0 Å². The summed E-state index contributed by atoms with van der Waals surface area (Å²) >= 11 is 0. The first-order chi connectivity index (χ1) is 9.72. The normalized spacial score (nSPS) is 22.7. The van der Waals surface area contributed by atoms with Crippen LogP contribution in [0.15, 0.2) is 48.5 Å². The van der Waals surface area contributed by atoms with E-state index in [1.165, 1.54) is 30.5 Å². The Morgan fingerprint density at radius 2 is 1.25 bits per heavy atom. The Balaban J connectivity index is 1.76. The molecule has 0 atom stereocenters. The molecule has 1 aliphatic carbocycles. The van der Waals surface area contributed by atoms with Gasteiger partial charge >= 0.3 is 0 Å². The van der Waals surface area contributed by atoms with Gasteiger partial charge in [0.15, 0.2) is 0 Å². The molecule has 2 heteroatoms. The van der Waals surface area contributed by atoms with Gasteiger partial charge in [0.1, 0.15) is 5.82 Å². The summed E-state index contributed by atoms with van der Waals surface area (Å²) in [5, 5.41) is 0. The monoisotopic (exact) mass is 269 g/mol. The summed E-state index contributed by atoms with van der Waals surface area (Å²) in [5.74, 6) is 0.459. The maximum Gasteiger partial charge on any atom is 0.123 e. The van der Waals surface area contributed by atoms with Crippen molar-refractivity contribution in [3.63, 3.8) is 0 Å². The molecular weight excluding hydrogens is 249 g/mol. The van der Waals surface area contributed by atoms with Crippen molar-refractivity contribution in [2.24, 2.45) is 5.73 Å². The number of benzene rings is 2. The largest absolute Gasteiger partial charge is 0.328 e. The van der Waals surface area contributed by atoms with E-state index in [4.69, 9.17) is 5.73 Å². The van der Waals surface area contributed by atoms with Crippen LogP contribution in [0.25, 0.3) is 11.1 Å². The summed E-state index contributed by atoms with van der Waals surface area (Å²) in [6.45, 7) is 0. The van der Waals surface area contributed by atoms with Gasteiger partial charge in [0.2, 0.25) is 0 Å². The zero-order chi connectivity index (χ0) is 13.9. The van der Waals surface area contributed by atoms with Crippen molar-refractivity contribution in [3.05, 3.63) is 59.9 Å². The van der Waals surface area contributed by atoms with Gasteiger partial charge in [0, 0.05) is 6.04 Å². The van der Waals surface area contributed by atoms with E-state index in [1.807, 2.05) is 12.1 Å². The first kappa shape index (κ1) is 13.3. The van der Waals surface area contributed by atoms with E-state index in [0.29, 0.717) is 12.0 Å². The molecule has 0 radical (unpaired) electrons. The van der Waals surface area contributed by atoms with Crippen molar-refractivity contribution in [2.75, 3.05) is 0 Å². The van der Waals surface area contributed by atoms with E-state index in [1.54, 1.807) is 0 Å². The molecule has 0 aliphatic heterocycles. The first-order valence-corrected chi connectivity index (χ1v) is 7.34. The molecule has 0 heterocycles. The van der Waals surface area contributed by atoms with Crippen LogP contribution >= 0.6 is 0 Å². The fraction of sp³-hybridized carbons (Fsp3) is 0.333. The number of halogens is 1. The summed E-state index contributed by atoms with van der Waals surface area (Å²) in [7, 11) is 0. The Bertz CT molecular complexity index is 551. The molecule has 1 fully saturated rings. The second kappa shape index (κ2) is 5.76. The predicted octanol–water partition coefficient (Wildman–Crippen LogP) is 4.48. The van der Waals surface area contributed by atoms with E-state index >= 15 is 0 Å². The van der Waals surface area contributed by atoms with E-state index in [2.05, 4.69) is 24.3 Å². The molecule has 1 saturated carbocycles. The molecule has 2 aromatic rings.